The second kappa shape index (κ2) is 7.89. The van der Waals surface area contributed by atoms with Gasteiger partial charge in [0.15, 0.2) is 0 Å². The SMILES string of the molecule is CC(C)(C)c1ccc(Oc2ccc(Cl)cc2C2CCCCC2)c([N+](=O)[O-])c1. The fraction of sp³-hybridized carbons (Fsp3) is 0.455. The summed E-state index contributed by atoms with van der Waals surface area (Å²) in [6.45, 7) is 6.10. The van der Waals surface area contributed by atoms with Crippen molar-refractivity contribution in [3.63, 3.8) is 0 Å². The third-order valence-corrected chi connectivity index (χ3v) is 5.49. The standard InChI is InChI=1S/C22H26ClNO3/c1-22(2,3)16-9-11-21(19(13-16)24(25)26)27-20-12-10-17(23)14-18(20)15-7-5-4-6-8-15/h9-15H,4-8H2,1-3H3. The Labute approximate surface area is 165 Å². The molecule has 3 rings (SSSR count). The lowest BCUT2D eigenvalue weighted by molar-refractivity contribution is -0.385. The molecule has 144 valence electrons. The van der Waals surface area contributed by atoms with Crippen LogP contribution in [0.5, 0.6) is 11.5 Å². The van der Waals surface area contributed by atoms with Gasteiger partial charge in [-0.05, 0) is 59.6 Å². The van der Waals surface area contributed by atoms with Crippen molar-refractivity contribution in [2.75, 3.05) is 0 Å². The largest absolute Gasteiger partial charge is 0.450 e. The van der Waals surface area contributed by atoms with Gasteiger partial charge in [0.05, 0.1) is 4.92 Å². The number of nitro groups is 1. The number of rotatable bonds is 4. The fourth-order valence-electron chi connectivity index (χ4n) is 3.68. The number of benzene rings is 2. The topological polar surface area (TPSA) is 52.4 Å². The van der Waals surface area contributed by atoms with Crippen LogP contribution < -0.4 is 4.74 Å². The van der Waals surface area contributed by atoms with Gasteiger partial charge < -0.3 is 4.74 Å². The Bertz CT molecular complexity index is 836. The Hall–Kier alpha value is -2.07. The van der Waals surface area contributed by atoms with E-state index in [1.54, 1.807) is 18.2 Å². The van der Waals surface area contributed by atoms with E-state index in [1.165, 1.54) is 19.3 Å². The van der Waals surface area contributed by atoms with Crippen LogP contribution in [0, 0.1) is 10.1 Å². The summed E-state index contributed by atoms with van der Waals surface area (Å²) in [4.78, 5) is 11.3. The van der Waals surface area contributed by atoms with Crippen molar-refractivity contribution in [3.05, 3.63) is 62.7 Å². The molecule has 4 nitrogen and oxygen atoms in total. The fourth-order valence-corrected chi connectivity index (χ4v) is 3.86. The van der Waals surface area contributed by atoms with Crippen molar-refractivity contribution in [2.45, 2.75) is 64.2 Å². The van der Waals surface area contributed by atoms with Gasteiger partial charge in [0.25, 0.3) is 0 Å². The Morgan fingerprint density at radius 2 is 1.70 bits per heavy atom. The van der Waals surface area contributed by atoms with Crippen molar-refractivity contribution >= 4 is 17.3 Å². The molecule has 0 aromatic heterocycles. The van der Waals surface area contributed by atoms with Crippen LogP contribution >= 0.6 is 11.6 Å². The average Bonchev–Trinajstić information content (AvgIpc) is 2.63. The monoisotopic (exact) mass is 387 g/mol. The third kappa shape index (κ3) is 4.62. The summed E-state index contributed by atoms with van der Waals surface area (Å²) in [5, 5.41) is 12.3. The molecule has 0 amide bonds. The maximum Gasteiger partial charge on any atom is 0.311 e. The molecule has 1 saturated carbocycles. The highest BCUT2D eigenvalue weighted by molar-refractivity contribution is 6.30. The van der Waals surface area contributed by atoms with Gasteiger partial charge in [-0.15, -0.1) is 0 Å². The average molecular weight is 388 g/mol. The van der Waals surface area contributed by atoms with Crippen LogP contribution in [0.4, 0.5) is 5.69 Å². The number of nitro benzene ring substituents is 1. The molecule has 2 aromatic rings. The normalized spacial score (nSPS) is 15.6. The predicted molar refractivity (Wildman–Crippen MR) is 109 cm³/mol. The van der Waals surface area contributed by atoms with E-state index in [4.69, 9.17) is 16.3 Å². The Kier molecular flexibility index (Phi) is 5.75. The van der Waals surface area contributed by atoms with Crippen LogP contribution in [0.25, 0.3) is 0 Å². The molecular formula is C22H26ClNO3. The molecule has 5 heteroatoms. The lowest BCUT2D eigenvalue weighted by Crippen LogP contribution is -2.11. The van der Waals surface area contributed by atoms with Crippen molar-refractivity contribution in [1.82, 2.24) is 0 Å². The molecule has 0 N–H and O–H groups in total. The minimum Gasteiger partial charge on any atom is -0.450 e. The van der Waals surface area contributed by atoms with Gasteiger partial charge in [-0.2, -0.15) is 0 Å². The summed E-state index contributed by atoms with van der Waals surface area (Å²) in [6, 6.07) is 10.8. The van der Waals surface area contributed by atoms with Gasteiger partial charge in [-0.3, -0.25) is 10.1 Å². The molecule has 1 aliphatic carbocycles. The Balaban J connectivity index is 1.99. The first kappa shape index (κ1) is 19.7. The number of halogens is 1. The maximum atomic E-state index is 11.6. The van der Waals surface area contributed by atoms with Gasteiger partial charge >= 0.3 is 5.69 Å². The molecule has 2 aromatic carbocycles. The van der Waals surface area contributed by atoms with Crippen LogP contribution in [0.2, 0.25) is 5.02 Å². The number of ether oxygens (including phenoxy) is 1. The summed E-state index contributed by atoms with van der Waals surface area (Å²) in [5.41, 5.74) is 1.78. The number of hydrogen-bond acceptors (Lipinski definition) is 3. The van der Waals surface area contributed by atoms with E-state index in [-0.39, 0.29) is 21.8 Å². The zero-order valence-corrected chi connectivity index (χ0v) is 16.9. The van der Waals surface area contributed by atoms with Crippen molar-refractivity contribution in [3.8, 4) is 11.5 Å². The molecule has 0 spiro atoms. The van der Waals surface area contributed by atoms with Crippen LogP contribution in [-0.2, 0) is 5.41 Å². The summed E-state index contributed by atoms with van der Waals surface area (Å²) < 4.78 is 6.08. The second-order valence-electron chi connectivity index (χ2n) is 8.31. The summed E-state index contributed by atoms with van der Waals surface area (Å²) in [7, 11) is 0. The first-order valence-electron chi connectivity index (χ1n) is 9.52. The summed E-state index contributed by atoms with van der Waals surface area (Å²) in [6.07, 6.45) is 5.84. The molecule has 27 heavy (non-hydrogen) atoms. The van der Waals surface area contributed by atoms with Crippen molar-refractivity contribution in [2.24, 2.45) is 0 Å². The van der Waals surface area contributed by atoms with E-state index in [2.05, 4.69) is 0 Å². The highest BCUT2D eigenvalue weighted by Crippen LogP contribution is 2.42. The molecule has 0 unspecified atom stereocenters. The van der Waals surface area contributed by atoms with Gasteiger partial charge in [0.2, 0.25) is 5.75 Å². The van der Waals surface area contributed by atoms with Crippen LogP contribution in [-0.4, -0.2) is 4.92 Å². The van der Waals surface area contributed by atoms with Crippen molar-refractivity contribution < 1.29 is 9.66 Å². The number of hydrogen-bond donors (Lipinski definition) is 0. The first-order chi connectivity index (χ1) is 12.8. The molecule has 1 fully saturated rings. The minimum absolute atomic E-state index is 0.00744. The molecule has 0 bridgehead atoms. The predicted octanol–water partition coefficient (Wildman–Crippen LogP) is 7.39. The van der Waals surface area contributed by atoms with E-state index in [0.717, 1.165) is 24.0 Å². The maximum absolute atomic E-state index is 11.6. The lowest BCUT2D eigenvalue weighted by Gasteiger charge is -2.24. The molecule has 0 atom stereocenters. The molecule has 0 radical (unpaired) electrons. The zero-order chi connectivity index (χ0) is 19.6. The molecule has 1 aliphatic rings. The smallest absolute Gasteiger partial charge is 0.311 e. The highest BCUT2D eigenvalue weighted by atomic mass is 35.5. The van der Waals surface area contributed by atoms with Gasteiger partial charge in [0, 0.05) is 11.1 Å². The second-order valence-corrected chi connectivity index (χ2v) is 8.75. The van der Waals surface area contributed by atoms with Crippen LogP contribution in [0.15, 0.2) is 36.4 Å². The number of nitrogens with zero attached hydrogens (tertiary/aromatic N) is 1. The summed E-state index contributed by atoms with van der Waals surface area (Å²) in [5.74, 6) is 1.32. The Morgan fingerprint density at radius 3 is 2.33 bits per heavy atom. The van der Waals surface area contributed by atoms with Crippen LogP contribution in [0.1, 0.15) is 69.9 Å². The van der Waals surface area contributed by atoms with Gasteiger partial charge in [-0.25, -0.2) is 0 Å². The Morgan fingerprint density at radius 1 is 1.04 bits per heavy atom. The van der Waals surface area contributed by atoms with Crippen molar-refractivity contribution in [1.29, 1.82) is 0 Å². The van der Waals surface area contributed by atoms with Gasteiger partial charge in [-0.1, -0.05) is 57.7 Å². The zero-order valence-electron chi connectivity index (χ0n) is 16.1. The molecule has 0 saturated heterocycles. The van der Waals surface area contributed by atoms with Crippen LogP contribution in [0.3, 0.4) is 0 Å². The summed E-state index contributed by atoms with van der Waals surface area (Å²) >= 11 is 6.23. The lowest BCUT2D eigenvalue weighted by atomic mass is 9.83. The highest BCUT2D eigenvalue weighted by Gasteiger charge is 2.24. The molecule has 0 aliphatic heterocycles. The quantitative estimate of drug-likeness (QED) is 0.406. The van der Waals surface area contributed by atoms with Gasteiger partial charge in [0.1, 0.15) is 5.75 Å². The third-order valence-electron chi connectivity index (χ3n) is 5.26. The molecular weight excluding hydrogens is 362 g/mol. The van der Waals surface area contributed by atoms with E-state index in [9.17, 15) is 10.1 Å². The van der Waals surface area contributed by atoms with E-state index < -0.39 is 0 Å². The minimum atomic E-state index is -0.374. The van der Waals surface area contributed by atoms with E-state index >= 15 is 0 Å². The van der Waals surface area contributed by atoms with E-state index in [0.29, 0.717) is 16.7 Å². The van der Waals surface area contributed by atoms with E-state index in [1.807, 2.05) is 39.0 Å². The first-order valence-corrected chi connectivity index (χ1v) is 9.90. The molecule has 0 heterocycles.